The van der Waals surface area contributed by atoms with Crippen LogP contribution in [0.1, 0.15) is 16.9 Å². The molecule has 1 amide bonds. The Hall–Kier alpha value is -1.50. The molecule has 0 spiro atoms. The second-order valence-corrected chi connectivity index (χ2v) is 5.42. The summed E-state index contributed by atoms with van der Waals surface area (Å²) in [6.07, 6.45) is 2.56. The van der Waals surface area contributed by atoms with Crippen LogP contribution in [0.25, 0.3) is 0 Å². The van der Waals surface area contributed by atoms with Crippen molar-refractivity contribution < 1.29 is 9.18 Å². The van der Waals surface area contributed by atoms with Crippen molar-refractivity contribution >= 4 is 34.8 Å². The zero-order valence-corrected chi connectivity index (χ0v) is 13.2. The van der Waals surface area contributed by atoms with Gasteiger partial charge < -0.3 is 10.6 Å². The van der Waals surface area contributed by atoms with Crippen LogP contribution in [0.15, 0.2) is 30.5 Å². The van der Waals surface area contributed by atoms with Gasteiger partial charge in [0.1, 0.15) is 5.82 Å². The number of anilines is 1. The number of nitrogens with one attached hydrogen (secondary N) is 2. The summed E-state index contributed by atoms with van der Waals surface area (Å²) in [6.45, 7) is 0.624. The van der Waals surface area contributed by atoms with Crippen LogP contribution >= 0.6 is 23.7 Å². The van der Waals surface area contributed by atoms with Gasteiger partial charge in [0, 0.05) is 30.5 Å². The van der Waals surface area contributed by atoms with E-state index in [0.717, 1.165) is 4.88 Å². The minimum atomic E-state index is -0.222. The van der Waals surface area contributed by atoms with E-state index in [1.54, 1.807) is 31.4 Å². The molecule has 0 bridgehead atoms. The zero-order valence-electron chi connectivity index (χ0n) is 11.6. The molecular formula is C14H17ClFN3OS. The van der Waals surface area contributed by atoms with Crippen molar-refractivity contribution in [3.8, 4) is 0 Å². The second kappa shape index (κ2) is 8.71. The fourth-order valence-corrected chi connectivity index (χ4v) is 2.55. The van der Waals surface area contributed by atoms with Gasteiger partial charge in [0.25, 0.3) is 0 Å². The van der Waals surface area contributed by atoms with Gasteiger partial charge in [-0.15, -0.1) is 23.7 Å². The Bertz CT molecular complexity index is 591. The molecule has 1 heterocycles. The predicted molar refractivity (Wildman–Crippen MR) is 85.7 cm³/mol. The lowest BCUT2D eigenvalue weighted by atomic mass is 10.1. The topological polar surface area (TPSA) is 54.0 Å². The van der Waals surface area contributed by atoms with Crippen LogP contribution in [0.4, 0.5) is 9.52 Å². The van der Waals surface area contributed by atoms with Crippen LogP contribution in [0.3, 0.4) is 0 Å². The lowest BCUT2D eigenvalue weighted by molar-refractivity contribution is -0.116. The Labute approximate surface area is 133 Å². The average molecular weight is 330 g/mol. The molecule has 1 aromatic heterocycles. The first kappa shape index (κ1) is 17.6. The minimum Gasteiger partial charge on any atom is -0.319 e. The number of carbonyl (C=O) groups is 1. The van der Waals surface area contributed by atoms with Crippen LogP contribution < -0.4 is 10.6 Å². The minimum absolute atomic E-state index is 0. The molecule has 0 aliphatic carbocycles. The number of hydrogen-bond donors (Lipinski definition) is 2. The number of halogens is 2. The van der Waals surface area contributed by atoms with Gasteiger partial charge >= 0.3 is 0 Å². The highest BCUT2D eigenvalue weighted by atomic mass is 35.5. The van der Waals surface area contributed by atoms with Gasteiger partial charge in [-0.25, -0.2) is 9.37 Å². The van der Waals surface area contributed by atoms with E-state index >= 15 is 0 Å². The van der Waals surface area contributed by atoms with Crippen molar-refractivity contribution in [2.45, 2.75) is 12.8 Å². The molecule has 2 N–H and O–H groups in total. The highest BCUT2D eigenvalue weighted by Crippen LogP contribution is 2.22. The van der Waals surface area contributed by atoms with E-state index in [2.05, 4.69) is 15.6 Å². The lowest BCUT2D eigenvalue weighted by Gasteiger charge is -2.01. The fraction of sp³-hybridized carbons (Fsp3) is 0.286. The van der Waals surface area contributed by atoms with Crippen LogP contribution in [-0.2, 0) is 11.2 Å². The van der Waals surface area contributed by atoms with E-state index in [0.29, 0.717) is 30.1 Å². The summed E-state index contributed by atoms with van der Waals surface area (Å²) in [5, 5.41) is 6.19. The number of carbonyl (C=O) groups excluding carboxylic acids is 1. The normalized spacial score (nSPS) is 10.0. The molecule has 0 saturated carbocycles. The van der Waals surface area contributed by atoms with Gasteiger partial charge in [-0.1, -0.05) is 18.2 Å². The molecular weight excluding hydrogens is 313 g/mol. The van der Waals surface area contributed by atoms with Crippen LogP contribution in [0.2, 0.25) is 0 Å². The van der Waals surface area contributed by atoms with E-state index in [9.17, 15) is 9.18 Å². The first-order chi connectivity index (χ1) is 9.69. The summed E-state index contributed by atoms with van der Waals surface area (Å²) in [6, 6.07) is 6.66. The summed E-state index contributed by atoms with van der Waals surface area (Å²) in [7, 11) is 1.79. The summed E-state index contributed by atoms with van der Waals surface area (Å²) in [5.41, 5.74) is 0.629. The molecule has 0 unspecified atom stereocenters. The van der Waals surface area contributed by atoms with Crippen molar-refractivity contribution in [1.82, 2.24) is 10.3 Å². The summed E-state index contributed by atoms with van der Waals surface area (Å²) < 4.78 is 13.5. The lowest BCUT2D eigenvalue weighted by Crippen LogP contribution is -2.18. The van der Waals surface area contributed by atoms with Crippen LogP contribution in [0, 0.1) is 5.82 Å². The zero-order chi connectivity index (χ0) is 14.4. The number of hydrogen-bond acceptors (Lipinski definition) is 4. The predicted octanol–water partition coefficient (Wildman–Crippen LogP) is 2.84. The molecule has 0 atom stereocenters. The monoisotopic (exact) mass is 329 g/mol. The first-order valence-corrected chi connectivity index (χ1v) is 7.13. The number of nitrogens with zero attached hydrogens (tertiary/aromatic N) is 1. The highest BCUT2D eigenvalue weighted by Gasteiger charge is 2.08. The number of aromatic nitrogens is 1. The maximum absolute atomic E-state index is 13.5. The maximum Gasteiger partial charge on any atom is 0.227 e. The third-order valence-corrected chi connectivity index (χ3v) is 3.64. The Balaban J connectivity index is 0.00000220. The molecule has 2 aromatic rings. The van der Waals surface area contributed by atoms with Gasteiger partial charge in [-0.05, 0) is 18.7 Å². The molecule has 2 rings (SSSR count). The second-order valence-electron chi connectivity index (χ2n) is 4.30. The largest absolute Gasteiger partial charge is 0.319 e. The summed E-state index contributed by atoms with van der Waals surface area (Å²) in [4.78, 5) is 16.6. The third-order valence-electron chi connectivity index (χ3n) is 2.72. The van der Waals surface area contributed by atoms with E-state index in [-0.39, 0.29) is 24.1 Å². The summed E-state index contributed by atoms with van der Waals surface area (Å²) in [5.74, 6) is -0.299. The Kier molecular flexibility index (Phi) is 7.28. The molecule has 0 aliphatic heterocycles. The molecule has 21 heavy (non-hydrogen) atoms. The molecule has 0 aliphatic rings. The van der Waals surface area contributed by atoms with Gasteiger partial charge in [-0.2, -0.15) is 0 Å². The first-order valence-electron chi connectivity index (χ1n) is 6.31. The van der Waals surface area contributed by atoms with Crippen molar-refractivity contribution in [2.24, 2.45) is 0 Å². The Morgan fingerprint density at radius 2 is 2.14 bits per heavy atom. The molecule has 1 aromatic carbocycles. The maximum atomic E-state index is 13.5. The smallest absolute Gasteiger partial charge is 0.227 e. The van der Waals surface area contributed by atoms with E-state index in [1.165, 1.54) is 17.4 Å². The number of rotatable bonds is 6. The van der Waals surface area contributed by atoms with Crippen molar-refractivity contribution in [2.75, 3.05) is 18.9 Å². The molecule has 0 saturated heterocycles. The van der Waals surface area contributed by atoms with Gasteiger partial charge in [-0.3, -0.25) is 4.79 Å². The third kappa shape index (κ3) is 5.41. The molecule has 114 valence electrons. The quantitative estimate of drug-likeness (QED) is 0.857. The van der Waals surface area contributed by atoms with Gasteiger partial charge in [0.05, 0.1) is 0 Å². The molecule has 0 fully saturated rings. The van der Waals surface area contributed by atoms with Crippen LogP contribution in [0.5, 0.6) is 0 Å². The number of thiazole rings is 1. The molecule has 0 radical (unpaired) electrons. The molecule has 4 nitrogen and oxygen atoms in total. The SMILES string of the molecule is CNCCC(=O)Nc1ncc(Cc2ccccc2F)s1.Cl. The van der Waals surface area contributed by atoms with E-state index in [4.69, 9.17) is 0 Å². The van der Waals surface area contributed by atoms with Crippen LogP contribution in [-0.4, -0.2) is 24.5 Å². The standard InChI is InChI=1S/C14H16FN3OS.ClH/c1-16-7-6-13(19)18-14-17-9-11(20-14)8-10-4-2-3-5-12(10)15;/h2-5,9,16H,6-8H2,1H3,(H,17,18,19);1H. The van der Waals surface area contributed by atoms with Crippen molar-refractivity contribution in [3.63, 3.8) is 0 Å². The van der Waals surface area contributed by atoms with Crippen molar-refractivity contribution in [3.05, 3.63) is 46.7 Å². The highest BCUT2D eigenvalue weighted by molar-refractivity contribution is 7.15. The average Bonchev–Trinajstić information content (AvgIpc) is 2.86. The summed E-state index contributed by atoms with van der Waals surface area (Å²) >= 11 is 1.37. The Morgan fingerprint density at radius 3 is 2.86 bits per heavy atom. The van der Waals surface area contributed by atoms with Gasteiger partial charge in [0.15, 0.2) is 5.13 Å². The van der Waals surface area contributed by atoms with E-state index in [1.807, 2.05) is 0 Å². The number of amides is 1. The Morgan fingerprint density at radius 1 is 1.38 bits per heavy atom. The number of benzene rings is 1. The van der Waals surface area contributed by atoms with Crippen molar-refractivity contribution in [1.29, 1.82) is 0 Å². The van der Waals surface area contributed by atoms with E-state index < -0.39 is 0 Å². The molecule has 7 heteroatoms. The fourth-order valence-electron chi connectivity index (χ4n) is 1.70. The van der Waals surface area contributed by atoms with Gasteiger partial charge in [0.2, 0.25) is 5.91 Å².